The van der Waals surface area contributed by atoms with E-state index in [1.807, 2.05) is 18.3 Å². The molecule has 1 atom stereocenters. The molecule has 1 aliphatic heterocycles. The van der Waals surface area contributed by atoms with E-state index in [9.17, 15) is 0 Å². The Morgan fingerprint density at radius 3 is 3.13 bits per heavy atom. The number of likely N-dealkylation sites (tertiary alicyclic amines) is 1. The average Bonchev–Trinajstić information content (AvgIpc) is 3.16. The van der Waals surface area contributed by atoms with Crippen LogP contribution in [0.2, 0.25) is 5.02 Å². The molecule has 1 fully saturated rings. The highest BCUT2D eigenvalue weighted by atomic mass is 35.5. The summed E-state index contributed by atoms with van der Waals surface area (Å²) in [5.41, 5.74) is 3.51. The number of aromatic amines is 1. The van der Waals surface area contributed by atoms with Crippen LogP contribution in [-0.2, 0) is 6.54 Å². The van der Waals surface area contributed by atoms with E-state index in [1.54, 1.807) is 0 Å². The van der Waals surface area contributed by atoms with Crippen molar-refractivity contribution >= 4 is 28.2 Å². The van der Waals surface area contributed by atoms with Gasteiger partial charge in [0.05, 0.1) is 11.7 Å². The van der Waals surface area contributed by atoms with E-state index in [0.717, 1.165) is 47.7 Å². The lowest BCUT2D eigenvalue weighted by Crippen LogP contribution is -2.25. The van der Waals surface area contributed by atoms with E-state index in [0.29, 0.717) is 6.04 Å². The fourth-order valence-electron chi connectivity index (χ4n) is 3.26. The first-order chi connectivity index (χ1) is 11.3. The van der Waals surface area contributed by atoms with E-state index < -0.39 is 0 Å². The highest BCUT2D eigenvalue weighted by molar-refractivity contribution is 6.30. The third-order valence-corrected chi connectivity index (χ3v) is 4.61. The number of halogens is 1. The van der Waals surface area contributed by atoms with Gasteiger partial charge in [0.2, 0.25) is 0 Å². The molecule has 2 aromatic carbocycles. The quantitative estimate of drug-likeness (QED) is 0.764. The Balaban J connectivity index is 1.38. The number of anilines is 1. The maximum Gasteiger partial charge on any atom is 0.0651 e. The smallest absolute Gasteiger partial charge is 0.0651 e. The highest BCUT2D eigenvalue weighted by Crippen LogP contribution is 2.21. The Hall–Kier alpha value is -2.04. The van der Waals surface area contributed by atoms with E-state index >= 15 is 0 Å². The monoisotopic (exact) mass is 326 g/mol. The van der Waals surface area contributed by atoms with Crippen LogP contribution in [0.1, 0.15) is 12.0 Å². The molecule has 1 aliphatic rings. The standard InChI is InChI=1S/C18H19ClN4/c19-15-3-1-2-13(8-15)11-23-7-6-17(12-23)21-16-4-5-18-14(9-16)10-20-22-18/h1-5,8-10,17,21H,6-7,11-12H2,(H,20,22). The summed E-state index contributed by atoms with van der Waals surface area (Å²) in [6.45, 7) is 3.12. The molecule has 4 nitrogen and oxygen atoms in total. The van der Waals surface area contributed by atoms with Gasteiger partial charge in [-0.3, -0.25) is 10.00 Å². The van der Waals surface area contributed by atoms with Crippen LogP contribution in [0.4, 0.5) is 5.69 Å². The molecular weight excluding hydrogens is 308 g/mol. The maximum atomic E-state index is 6.07. The number of hydrogen-bond acceptors (Lipinski definition) is 3. The van der Waals surface area contributed by atoms with Gasteiger partial charge in [0.15, 0.2) is 0 Å². The number of benzene rings is 2. The van der Waals surface area contributed by atoms with Gasteiger partial charge in [0, 0.05) is 41.8 Å². The summed E-state index contributed by atoms with van der Waals surface area (Å²) < 4.78 is 0. The number of fused-ring (bicyclic) bond motifs is 1. The molecule has 0 radical (unpaired) electrons. The van der Waals surface area contributed by atoms with Gasteiger partial charge in [-0.25, -0.2) is 0 Å². The summed E-state index contributed by atoms with van der Waals surface area (Å²) >= 11 is 6.07. The van der Waals surface area contributed by atoms with Crippen LogP contribution >= 0.6 is 11.6 Å². The zero-order chi connectivity index (χ0) is 15.6. The van der Waals surface area contributed by atoms with Crippen molar-refractivity contribution in [2.75, 3.05) is 18.4 Å². The molecular formula is C18H19ClN4. The van der Waals surface area contributed by atoms with Crippen molar-refractivity contribution < 1.29 is 0 Å². The number of hydrogen-bond donors (Lipinski definition) is 2. The average molecular weight is 327 g/mol. The number of rotatable bonds is 4. The molecule has 1 unspecified atom stereocenters. The predicted molar refractivity (Wildman–Crippen MR) is 94.9 cm³/mol. The first-order valence-electron chi connectivity index (χ1n) is 7.93. The Labute approximate surface area is 140 Å². The summed E-state index contributed by atoms with van der Waals surface area (Å²) in [6.07, 6.45) is 3.02. The van der Waals surface area contributed by atoms with Crippen LogP contribution in [0.25, 0.3) is 10.9 Å². The van der Waals surface area contributed by atoms with Crippen LogP contribution in [0, 0.1) is 0 Å². The number of aromatic nitrogens is 2. The van der Waals surface area contributed by atoms with Gasteiger partial charge in [-0.05, 0) is 42.3 Å². The van der Waals surface area contributed by atoms with Crippen molar-refractivity contribution in [3.63, 3.8) is 0 Å². The van der Waals surface area contributed by atoms with Crippen molar-refractivity contribution in [1.29, 1.82) is 0 Å². The molecule has 0 spiro atoms. The van der Waals surface area contributed by atoms with Gasteiger partial charge in [-0.2, -0.15) is 5.10 Å². The van der Waals surface area contributed by atoms with Crippen LogP contribution in [0.15, 0.2) is 48.7 Å². The van der Waals surface area contributed by atoms with Crippen molar-refractivity contribution in [1.82, 2.24) is 15.1 Å². The van der Waals surface area contributed by atoms with E-state index in [4.69, 9.17) is 11.6 Å². The van der Waals surface area contributed by atoms with E-state index in [1.165, 1.54) is 5.56 Å². The molecule has 3 aromatic rings. The zero-order valence-corrected chi connectivity index (χ0v) is 13.6. The topological polar surface area (TPSA) is 44.0 Å². The summed E-state index contributed by atoms with van der Waals surface area (Å²) in [5, 5.41) is 12.6. The molecule has 0 amide bonds. The van der Waals surface area contributed by atoms with Crippen LogP contribution in [-0.4, -0.2) is 34.2 Å². The lowest BCUT2D eigenvalue weighted by Gasteiger charge is -2.17. The lowest BCUT2D eigenvalue weighted by atomic mass is 10.2. The minimum Gasteiger partial charge on any atom is -0.381 e. The normalized spacial score (nSPS) is 18.6. The Kier molecular flexibility index (Phi) is 3.93. The van der Waals surface area contributed by atoms with Gasteiger partial charge in [0.25, 0.3) is 0 Å². The largest absolute Gasteiger partial charge is 0.381 e. The molecule has 0 aliphatic carbocycles. The van der Waals surface area contributed by atoms with Gasteiger partial charge in [-0.15, -0.1) is 0 Å². The highest BCUT2D eigenvalue weighted by Gasteiger charge is 2.22. The second-order valence-corrected chi connectivity index (χ2v) is 6.60. The second-order valence-electron chi connectivity index (χ2n) is 6.17. The van der Waals surface area contributed by atoms with Crippen molar-refractivity contribution in [2.24, 2.45) is 0 Å². The SMILES string of the molecule is Clc1cccc(CN2CCC(Nc3ccc4[nH]ncc4c3)C2)c1. The Morgan fingerprint density at radius 1 is 1.26 bits per heavy atom. The number of H-pyrrole nitrogens is 1. The van der Waals surface area contributed by atoms with Gasteiger partial charge in [-0.1, -0.05) is 23.7 Å². The summed E-state index contributed by atoms with van der Waals surface area (Å²) in [4.78, 5) is 2.47. The minimum atomic E-state index is 0.485. The zero-order valence-electron chi connectivity index (χ0n) is 12.8. The van der Waals surface area contributed by atoms with Crippen molar-refractivity contribution in [2.45, 2.75) is 19.0 Å². The van der Waals surface area contributed by atoms with Gasteiger partial charge >= 0.3 is 0 Å². The second kappa shape index (κ2) is 6.22. The van der Waals surface area contributed by atoms with Crippen LogP contribution in [0.3, 0.4) is 0 Å². The molecule has 4 rings (SSSR count). The number of nitrogens with zero attached hydrogens (tertiary/aromatic N) is 2. The van der Waals surface area contributed by atoms with Gasteiger partial charge < -0.3 is 5.32 Å². The molecule has 2 N–H and O–H groups in total. The molecule has 0 saturated carbocycles. The molecule has 5 heteroatoms. The van der Waals surface area contributed by atoms with E-state index in [2.05, 4.69) is 50.7 Å². The van der Waals surface area contributed by atoms with Crippen LogP contribution < -0.4 is 5.32 Å². The Morgan fingerprint density at radius 2 is 2.22 bits per heavy atom. The van der Waals surface area contributed by atoms with E-state index in [-0.39, 0.29) is 0 Å². The summed E-state index contributed by atoms with van der Waals surface area (Å²) in [6, 6.07) is 14.9. The third-order valence-electron chi connectivity index (χ3n) is 4.38. The predicted octanol–water partition coefficient (Wildman–Crippen LogP) is 3.90. The molecule has 118 valence electrons. The third kappa shape index (κ3) is 3.33. The minimum absolute atomic E-state index is 0.485. The maximum absolute atomic E-state index is 6.07. The fourth-order valence-corrected chi connectivity index (χ4v) is 3.47. The molecule has 1 aromatic heterocycles. The first-order valence-corrected chi connectivity index (χ1v) is 8.30. The van der Waals surface area contributed by atoms with Crippen molar-refractivity contribution in [3.8, 4) is 0 Å². The summed E-state index contributed by atoms with van der Waals surface area (Å²) in [7, 11) is 0. The van der Waals surface area contributed by atoms with Crippen molar-refractivity contribution in [3.05, 3.63) is 59.2 Å². The molecule has 2 heterocycles. The Bertz CT molecular complexity index is 813. The lowest BCUT2D eigenvalue weighted by molar-refractivity contribution is 0.328. The molecule has 0 bridgehead atoms. The summed E-state index contributed by atoms with van der Waals surface area (Å²) in [5.74, 6) is 0. The molecule has 1 saturated heterocycles. The van der Waals surface area contributed by atoms with Gasteiger partial charge in [0.1, 0.15) is 0 Å². The van der Waals surface area contributed by atoms with Crippen LogP contribution in [0.5, 0.6) is 0 Å². The number of nitrogens with one attached hydrogen (secondary N) is 2. The fraction of sp³-hybridized carbons (Fsp3) is 0.278. The molecule has 23 heavy (non-hydrogen) atoms. The first kappa shape index (κ1) is 14.5.